The van der Waals surface area contributed by atoms with Crippen molar-refractivity contribution in [1.82, 2.24) is 5.32 Å². The van der Waals surface area contributed by atoms with Crippen molar-refractivity contribution in [2.75, 3.05) is 0 Å². The van der Waals surface area contributed by atoms with Crippen LogP contribution in [0.4, 0.5) is 5.69 Å². The van der Waals surface area contributed by atoms with Crippen LogP contribution in [0.3, 0.4) is 0 Å². The third-order valence-electron chi connectivity index (χ3n) is 2.74. The molecule has 21 heavy (non-hydrogen) atoms. The number of amidine groups is 1. The first-order valence-corrected chi connectivity index (χ1v) is 7.41. The van der Waals surface area contributed by atoms with E-state index in [1.807, 2.05) is 19.1 Å². The number of nitrogens with one attached hydrogen (secondary N) is 1. The van der Waals surface area contributed by atoms with Gasteiger partial charge in [-0.1, -0.05) is 11.6 Å². The average Bonchev–Trinajstić information content (AvgIpc) is 3.00. The Labute approximate surface area is 130 Å². The van der Waals surface area contributed by atoms with E-state index < -0.39 is 0 Å². The molecule has 0 unspecified atom stereocenters. The minimum absolute atomic E-state index is 0.179. The van der Waals surface area contributed by atoms with Crippen LogP contribution in [0, 0.1) is 6.92 Å². The van der Waals surface area contributed by atoms with Crippen LogP contribution in [-0.2, 0) is 4.79 Å². The molecule has 0 aliphatic carbocycles. The number of rotatable bonds is 2. The Morgan fingerprint density at radius 2 is 2.00 bits per heavy atom. The first-order chi connectivity index (χ1) is 10.1. The maximum Gasteiger partial charge on any atom is 0.264 e. The quantitative estimate of drug-likeness (QED) is 0.847. The van der Waals surface area contributed by atoms with Gasteiger partial charge in [-0.25, -0.2) is 4.99 Å². The van der Waals surface area contributed by atoms with E-state index in [0.717, 1.165) is 11.4 Å². The average molecular weight is 319 g/mol. The van der Waals surface area contributed by atoms with E-state index >= 15 is 0 Å². The Morgan fingerprint density at radius 3 is 2.67 bits per heavy atom. The maximum absolute atomic E-state index is 11.9. The Hall–Kier alpha value is -1.98. The van der Waals surface area contributed by atoms with Crippen LogP contribution in [0.25, 0.3) is 6.08 Å². The summed E-state index contributed by atoms with van der Waals surface area (Å²) >= 11 is 7.10. The van der Waals surface area contributed by atoms with Crippen molar-refractivity contribution in [2.45, 2.75) is 6.92 Å². The van der Waals surface area contributed by atoms with Gasteiger partial charge in [0.15, 0.2) is 5.17 Å². The number of thioether (sulfide) groups is 1. The molecule has 1 aromatic heterocycles. The lowest BCUT2D eigenvalue weighted by Gasteiger charge is -1.96. The van der Waals surface area contributed by atoms with Crippen molar-refractivity contribution in [3.05, 3.63) is 57.8 Å². The lowest BCUT2D eigenvalue weighted by molar-refractivity contribution is -0.115. The Balaban J connectivity index is 1.81. The molecule has 0 bridgehead atoms. The summed E-state index contributed by atoms with van der Waals surface area (Å²) in [6.07, 6.45) is 1.71. The molecule has 106 valence electrons. The van der Waals surface area contributed by atoms with E-state index in [2.05, 4.69) is 10.3 Å². The summed E-state index contributed by atoms with van der Waals surface area (Å²) in [5, 5.41) is 3.91. The molecule has 0 atom stereocenters. The number of aryl methyl sites for hydroxylation is 1. The van der Waals surface area contributed by atoms with Crippen LogP contribution < -0.4 is 5.32 Å². The molecule has 0 radical (unpaired) electrons. The third-order valence-corrected chi connectivity index (χ3v) is 3.90. The number of amides is 1. The molecule has 2 heterocycles. The monoisotopic (exact) mass is 318 g/mol. The lowest BCUT2D eigenvalue weighted by atomic mass is 10.3. The van der Waals surface area contributed by atoms with E-state index in [1.165, 1.54) is 11.8 Å². The number of aliphatic imine (C=N–C) groups is 1. The van der Waals surface area contributed by atoms with Crippen molar-refractivity contribution in [2.24, 2.45) is 4.99 Å². The highest BCUT2D eigenvalue weighted by molar-refractivity contribution is 8.18. The summed E-state index contributed by atoms with van der Waals surface area (Å²) in [4.78, 5) is 16.8. The van der Waals surface area contributed by atoms with E-state index in [-0.39, 0.29) is 5.91 Å². The van der Waals surface area contributed by atoms with Gasteiger partial charge in [-0.05, 0) is 55.1 Å². The highest BCUT2D eigenvalue weighted by Gasteiger charge is 2.24. The van der Waals surface area contributed by atoms with Gasteiger partial charge in [-0.3, -0.25) is 4.79 Å². The molecule has 1 N–H and O–H groups in total. The molecule has 4 nitrogen and oxygen atoms in total. The maximum atomic E-state index is 11.9. The second-order valence-electron chi connectivity index (χ2n) is 4.41. The van der Waals surface area contributed by atoms with Crippen molar-refractivity contribution in [1.29, 1.82) is 0 Å². The summed E-state index contributed by atoms with van der Waals surface area (Å²) in [5.74, 6) is 1.28. The van der Waals surface area contributed by atoms with Gasteiger partial charge in [0.2, 0.25) is 0 Å². The second-order valence-corrected chi connectivity index (χ2v) is 5.87. The number of furan rings is 1. The van der Waals surface area contributed by atoms with Gasteiger partial charge in [-0.2, -0.15) is 0 Å². The molecule has 1 amide bonds. The fraction of sp³-hybridized carbons (Fsp3) is 0.0667. The van der Waals surface area contributed by atoms with Gasteiger partial charge in [0.05, 0.1) is 10.6 Å². The summed E-state index contributed by atoms with van der Waals surface area (Å²) in [6, 6.07) is 10.8. The number of halogens is 1. The minimum atomic E-state index is -0.179. The highest BCUT2D eigenvalue weighted by Crippen LogP contribution is 2.28. The Morgan fingerprint density at radius 1 is 1.24 bits per heavy atom. The molecule has 1 aromatic carbocycles. The number of benzene rings is 1. The molecule has 1 aliphatic rings. The van der Waals surface area contributed by atoms with Crippen LogP contribution >= 0.6 is 23.4 Å². The molecule has 0 spiro atoms. The molecule has 2 aromatic rings. The fourth-order valence-corrected chi connectivity index (χ4v) is 2.72. The SMILES string of the molecule is Cc1ccc(/C=C2\SC(=Nc3ccc(Cl)cc3)NC2=O)o1. The molecule has 0 saturated carbocycles. The molecular weight excluding hydrogens is 308 g/mol. The zero-order chi connectivity index (χ0) is 14.8. The van der Waals surface area contributed by atoms with Crippen LogP contribution in [0.15, 0.2) is 50.7 Å². The first kappa shape index (κ1) is 14.0. The Kier molecular flexibility index (Phi) is 3.86. The van der Waals surface area contributed by atoms with E-state index in [9.17, 15) is 4.79 Å². The molecule has 6 heteroatoms. The van der Waals surface area contributed by atoms with E-state index in [1.54, 1.807) is 30.3 Å². The van der Waals surface area contributed by atoms with Gasteiger partial charge < -0.3 is 9.73 Å². The molecule has 1 aliphatic heterocycles. The fourth-order valence-electron chi connectivity index (χ4n) is 1.77. The zero-order valence-corrected chi connectivity index (χ0v) is 12.7. The topological polar surface area (TPSA) is 54.6 Å². The number of carbonyl (C=O) groups is 1. The summed E-state index contributed by atoms with van der Waals surface area (Å²) < 4.78 is 5.44. The smallest absolute Gasteiger partial charge is 0.264 e. The number of nitrogens with zero attached hydrogens (tertiary/aromatic N) is 1. The van der Waals surface area contributed by atoms with Crippen LogP contribution in [0.2, 0.25) is 5.02 Å². The minimum Gasteiger partial charge on any atom is -0.462 e. The number of hydrogen-bond donors (Lipinski definition) is 1. The lowest BCUT2D eigenvalue weighted by Crippen LogP contribution is -2.19. The van der Waals surface area contributed by atoms with Crippen LogP contribution in [0.1, 0.15) is 11.5 Å². The van der Waals surface area contributed by atoms with Crippen LogP contribution in [-0.4, -0.2) is 11.1 Å². The molecule has 1 fully saturated rings. The molecule has 3 rings (SSSR count). The molecular formula is C15H11ClN2O2S. The van der Waals surface area contributed by atoms with Gasteiger partial charge in [0.1, 0.15) is 11.5 Å². The van der Waals surface area contributed by atoms with Gasteiger partial charge >= 0.3 is 0 Å². The van der Waals surface area contributed by atoms with Crippen molar-refractivity contribution in [3.8, 4) is 0 Å². The number of hydrogen-bond acceptors (Lipinski definition) is 4. The van der Waals surface area contributed by atoms with Gasteiger partial charge in [-0.15, -0.1) is 0 Å². The van der Waals surface area contributed by atoms with Crippen LogP contribution in [0.5, 0.6) is 0 Å². The highest BCUT2D eigenvalue weighted by atomic mass is 35.5. The van der Waals surface area contributed by atoms with Gasteiger partial charge in [0.25, 0.3) is 5.91 Å². The zero-order valence-electron chi connectivity index (χ0n) is 11.1. The summed E-state index contributed by atoms with van der Waals surface area (Å²) in [7, 11) is 0. The van der Waals surface area contributed by atoms with Crippen molar-refractivity contribution >= 4 is 46.2 Å². The normalized spacial score (nSPS) is 18.5. The predicted octanol–water partition coefficient (Wildman–Crippen LogP) is 4.13. The standard InChI is InChI=1S/C15H11ClN2O2S/c1-9-2-7-12(20-9)8-13-14(19)18-15(21-13)17-11-5-3-10(16)4-6-11/h2-8H,1H3,(H,17,18,19)/b13-8-. The van der Waals surface area contributed by atoms with Crippen molar-refractivity contribution in [3.63, 3.8) is 0 Å². The van der Waals surface area contributed by atoms with E-state index in [0.29, 0.717) is 20.9 Å². The largest absolute Gasteiger partial charge is 0.462 e. The van der Waals surface area contributed by atoms with Gasteiger partial charge in [0, 0.05) is 11.1 Å². The summed E-state index contributed by atoms with van der Waals surface area (Å²) in [5.41, 5.74) is 0.734. The Bertz CT molecular complexity index is 747. The number of carbonyl (C=O) groups excluding carboxylic acids is 1. The second kappa shape index (κ2) is 5.79. The summed E-state index contributed by atoms with van der Waals surface area (Å²) in [6.45, 7) is 1.86. The first-order valence-electron chi connectivity index (χ1n) is 6.22. The molecule has 1 saturated heterocycles. The van der Waals surface area contributed by atoms with Crippen molar-refractivity contribution < 1.29 is 9.21 Å². The third kappa shape index (κ3) is 3.37. The predicted molar refractivity (Wildman–Crippen MR) is 85.7 cm³/mol. The van der Waals surface area contributed by atoms with E-state index in [4.69, 9.17) is 16.0 Å².